The van der Waals surface area contributed by atoms with E-state index in [1.54, 1.807) is 0 Å². The molecule has 2 heteroatoms. The Morgan fingerprint density at radius 3 is 1.91 bits per heavy atom. The van der Waals surface area contributed by atoms with E-state index in [4.69, 9.17) is 23.2 Å². The smallest absolute Gasteiger partial charge is 0.0474 e. The van der Waals surface area contributed by atoms with Crippen LogP contribution < -0.4 is 0 Å². The predicted octanol–water partition coefficient (Wildman–Crippen LogP) is 4.11. The highest BCUT2D eigenvalue weighted by Gasteiger charge is 1.87. The van der Waals surface area contributed by atoms with Gasteiger partial charge < -0.3 is 0 Å². The van der Waals surface area contributed by atoms with Gasteiger partial charge in [0.2, 0.25) is 0 Å². The highest BCUT2D eigenvalue weighted by Crippen LogP contribution is 2.10. The molecule has 0 fully saturated rings. The van der Waals surface area contributed by atoms with E-state index in [0.29, 0.717) is 5.88 Å². The minimum atomic E-state index is 0.553. The minimum absolute atomic E-state index is 0.553. The molecule has 0 unspecified atom stereocenters. The van der Waals surface area contributed by atoms with Gasteiger partial charge in [-0.1, -0.05) is 37.6 Å². The van der Waals surface area contributed by atoms with E-state index in [1.807, 2.05) is 38.1 Å². The molecule has 0 nitrogen and oxygen atoms in total. The van der Waals surface area contributed by atoms with Crippen molar-refractivity contribution in [3.05, 3.63) is 34.9 Å². The van der Waals surface area contributed by atoms with Crippen LogP contribution >= 0.6 is 23.2 Å². The lowest BCUT2D eigenvalue weighted by atomic mass is 10.2. The second-order valence-electron chi connectivity index (χ2n) is 1.76. The number of rotatable bonds is 1. The van der Waals surface area contributed by atoms with Gasteiger partial charge in [0.05, 0.1) is 0 Å². The highest BCUT2D eigenvalue weighted by atomic mass is 35.5. The number of halogens is 2. The Kier molecular flexibility index (Phi) is 6.39. The quantitative estimate of drug-likeness (QED) is 0.586. The third kappa shape index (κ3) is 4.28. The van der Waals surface area contributed by atoms with Crippen molar-refractivity contribution in [2.45, 2.75) is 19.7 Å². The monoisotopic (exact) mass is 190 g/mol. The summed E-state index contributed by atoms with van der Waals surface area (Å²) in [6.07, 6.45) is 0. The molecule has 0 heterocycles. The molecule has 0 aliphatic rings. The van der Waals surface area contributed by atoms with Gasteiger partial charge in [-0.15, -0.1) is 11.6 Å². The van der Waals surface area contributed by atoms with Crippen LogP contribution in [0.1, 0.15) is 19.4 Å². The van der Waals surface area contributed by atoms with Crippen LogP contribution in [-0.4, -0.2) is 0 Å². The molecule has 0 aliphatic carbocycles. The fourth-order valence-electron chi connectivity index (χ4n) is 0.573. The summed E-state index contributed by atoms with van der Waals surface area (Å²) >= 11 is 11.2. The molecule has 0 N–H and O–H groups in total. The van der Waals surface area contributed by atoms with Gasteiger partial charge in [-0.25, -0.2) is 0 Å². The summed E-state index contributed by atoms with van der Waals surface area (Å²) in [6, 6.07) is 7.49. The zero-order chi connectivity index (χ0) is 8.69. The van der Waals surface area contributed by atoms with E-state index in [2.05, 4.69) is 0 Å². The molecule has 11 heavy (non-hydrogen) atoms. The van der Waals surface area contributed by atoms with Crippen molar-refractivity contribution in [3.63, 3.8) is 0 Å². The van der Waals surface area contributed by atoms with Crippen LogP contribution in [0, 0.1) is 0 Å². The van der Waals surface area contributed by atoms with Crippen molar-refractivity contribution in [1.29, 1.82) is 0 Å². The molecule has 1 aromatic rings. The predicted molar refractivity (Wildman–Crippen MR) is 52.4 cm³/mol. The van der Waals surface area contributed by atoms with Crippen LogP contribution in [0.2, 0.25) is 5.02 Å². The van der Waals surface area contributed by atoms with E-state index in [0.717, 1.165) is 10.6 Å². The van der Waals surface area contributed by atoms with Gasteiger partial charge in [-0.3, -0.25) is 0 Å². The Hall–Kier alpha value is -0.200. The molecule has 0 aliphatic heterocycles. The summed E-state index contributed by atoms with van der Waals surface area (Å²) in [7, 11) is 0. The van der Waals surface area contributed by atoms with Crippen LogP contribution in [0.15, 0.2) is 24.3 Å². The molecule has 0 amide bonds. The lowest BCUT2D eigenvalue weighted by Gasteiger charge is -1.91. The Labute approximate surface area is 78.1 Å². The summed E-state index contributed by atoms with van der Waals surface area (Å²) < 4.78 is 0. The molecule has 1 aromatic carbocycles. The SMILES string of the molecule is CC.ClCc1ccc(Cl)cc1. The van der Waals surface area contributed by atoms with Crippen molar-refractivity contribution in [2.24, 2.45) is 0 Å². The fourth-order valence-corrected chi connectivity index (χ4v) is 0.878. The Balaban J connectivity index is 0.000000461. The largest absolute Gasteiger partial charge is 0.122 e. The number of hydrogen-bond donors (Lipinski definition) is 0. The van der Waals surface area contributed by atoms with Gasteiger partial charge in [0.25, 0.3) is 0 Å². The van der Waals surface area contributed by atoms with E-state index in [1.165, 1.54) is 0 Å². The van der Waals surface area contributed by atoms with Crippen LogP contribution in [0.4, 0.5) is 0 Å². The van der Waals surface area contributed by atoms with Crippen molar-refractivity contribution < 1.29 is 0 Å². The summed E-state index contributed by atoms with van der Waals surface area (Å²) in [5, 5.41) is 0.754. The topological polar surface area (TPSA) is 0 Å². The molecule has 0 atom stereocenters. The first-order valence-electron chi connectivity index (χ1n) is 3.63. The third-order valence-electron chi connectivity index (χ3n) is 1.07. The van der Waals surface area contributed by atoms with Gasteiger partial charge in [-0.05, 0) is 17.7 Å². The summed E-state index contributed by atoms with van der Waals surface area (Å²) in [5.41, 5.74) is 1.10. The Bertz CT molecular complexity index is 179. The summed E-state index contributed by atoms with van der Waals surface area (Å²) in [6.45, 7) is 4.00. The summed E-state index contributed by atoms with van der Waals surface area (Å²) in [5.74, 6) is 0.553. The second-order valence-corrected chi connectivity index (χ2v) is 2.46. The van der Waals surface area contributed by atoms with Gasteiger partial charge >= 0.3 is 0 Å². The Morgan fingerprint density at radius 2 is 1.55 bits per heavy atom. The van der Waals surface area contributed by atoms with E-state index < -0.39 is 0 Å². The van der Waals surface area contributed by atoms with Crippen molar-refractivity contribution in [1.82, 2.24) is 0 Å². The first-order valence-corrected chi connectivity index (χ1v) is 4.54. The van der Waals surface area contributed by atoms with Crippen molar-refractivity contribution >= 4 is 23.2 Å². The average Bonchev–Trinajstić information content (AvgIpc) is 2.10. The normalized spacial score (nSPS) is 8.36. The standard InChI is InChI=1S/C7H6Cl2.C2H6/c8-5-6-1-3-7(9)4-2-6;1-2/h1-4H,5H2;1-2H3. The maximum absolute atomic E-state index is 5.63. The first kappa shape index (κ1) is 10.8. The third-order valence-corrected chi connectivity index (χ3v) is 1.63. The fraction of sp³-hybridized carbons (Fsp3) is 0.333. The van der Waals surface area contributed by atoms with Gasteiger partial charge in [-0.2, -0.15) is 0 Å². The zero-order valence-electron chi connectivity index (χ0n) is 6.77. The average molecular weight is 191 g/mol. The van der Waals surface area contributed by atoms with Crippen molar-refractivity contribution in [2.75, 3.05) is 0 Å². The molecule has 0 aromatic heterocycles. The molecule has 62 valence electrons. The van der Waals surface area contributed by atoms with Crippen molar-refractivity contribution in [3.8, 4) is 0 Å². The van der Waals surface area contributed by atoms with E-state index >= 15 is 0 Å². The van der Waals surface area contributed by atoms with Gasteiger partial charge in [0, 0.05) is 10.9 Å². The molecular weight excluding hydrogens is 179 g/mol. The molecule has 0 bridgehead atoms. The highest BCUT2D eigenvalue weighted by molar-refractivity contribution is 6.30. The van der Waals surface area contributed by atoms with Crippen LogP contribution in [-0.2, 0) is 5.88 Å². The zero-order valence-corrected chi connectivity index (χ0v) is 8.28. The minimum Gasteiger partial charge on any atom is -0.122 e. The Morgan fingerprint density at radius 1 is 1.09 bits per heavy atom. The van der Waals surface area contributed by atoms with E-state index in [-0.39, 0.29) is 0 Å². The van der Waals surface area contributed by atoms with E-state index in [9.17, 15) is 0 Å². The lowest BCUT2D eigenvalue weighted by molar-refractivity contribution is 1.40. The second kappa shape index (κ2) is 6.51. The first-order chi connectivity index (χ1) is 5.33. The molecule has 1 rings (SSSR count). The van der Waals surface area contributed by atoms with Gasteiger partial charge in [0.15, 0.2) is 0 Å². The molecule has 0 saturated carbocycles. The van der Waals surface area contributed by atoms with Crippen LogP contribution in [0.25, 0.3) is 0 Å². The number of hydrogen-bond acceptors (Lipinski definition) is 0. The molecule has 0 radical (unpaired) electrons. The van der Waals surface area contributed by atoms with Crippen LogP contribution in [0.3, 0.4) is 0 Å². The van der Waals surface area contributed by atoms with Gasteiger partial charge in [0.1, 0.15) is 0 Å². The lowest BCUT2D eigenvalue weighted by Crippen LogP contribution is -1.73. The summed E-state index contributed by atoms with van der Waals surface area (Å²) in [4.78, 5) is 0. The maximum atomic E-state index is 5.63. The molecular formula is C9H12Cl2. The maximum Gasteiger partial charge on any atom is 0.0474 e. The number of benzene rings is 1. The molecule has 0 saturated heterocycles. The number of alkyl halides is 1. The van der Waals surface area contributed by atoms with Crippen LogP contribution in [0.5, 0.6) is 0 Å². The molecule has 0 spiro atoms.